The standard InChI is InChI=1S/C22H21NO4/c1-15-4-3-13-23-21(15)27-14-16-5-7-17(8-6-16)20(24)18-9-11-19(12-10-18)22(25)26-2/h3,5-13,15H,4,14H2,1-2H3. The molecule has 5 nitrogen and oxygen atoms in total. The Labute approximate surface area is 158 Å². The third kappa shape index (κ3) is 4.50. The van der Waals surface area contributed by atoms with E-state index in [9.17, 15) is 9.59 Å². The second-order valence-electron chi connectivity index (χ2n) is 6.37. The lowest BCUT2D eigenvalue weighted by Gasteiger charge is -2.16. The van der Waals surface area contributed by atoms with Crippen molar-refractivity contribution >= 4 is 17.7 Å². The van der Waals surface area contributed by atoms with Gasteiger partial charge in [-0.25, -0.2) is 9.79 Å². The van der Waals surface area contributed by atoms with Crippen molar-refractivity contribution in [2.24, 2.45) is 10.9 Å². The molecule has 1 aliphatic rings. The van der Waals surface area contributed by atoms with Gasteiger partial charge < -0.3 is 9.47 Å². The molecule has 0 spiro atoms. The molecule has 0 bridgehead atoms. The number of ether oxygens (including phenoxy) is 2. The van der Waals surface area contributed by atoms with E-state index >= 15 is 0 Å². The van der Waals surface area contributed by atoms with Gasteiger partial charge in [-0.15, -0.1) is 0 Å². The number of hydrogen-bond acceptors (Lipinski definition) is 5. The first-order chi connectivity index (χ1) is 13.1. The number of carbonyl (C=O) groups is 2. The summed E-state index contributed by atoms with van der Waals surface area (Å²) in [6.45, 7) is 2.49. The molecule has 0 saturated carbocycles. The summed E-state index contributed by atoms with van der Waals surface area (Å²) in [4.78, 5) is 28.3. The Balaban J connectivity index is 1.64. The highest BCUT2D eigenvalue weighted by Gasteiger charge is 2.14. The van der Waals surface area contributed by atoms with Gasteiger partial charge in [0.05, 0.1) is 12.7 Å². The molecule has 1 unspecified atom stereocenters. The molecule has 0 aliphatic carbocycles. The van der Waals surface area contributed by atoms with Gasteiger partial charge >= 0.3 is 5.97 Å². The number of benzene rings is 2. The number of ketones is 1. The van der Waals surface area contributed by atoms with E-state index in [1.807, 2.05) is 18.2 Å². The van der Waals surface area contributed by atoms with E-state index in [2.05, 4.69) is 16.7 Å². The number of nitrogens with zero attached hydrogens (tertiary/aromatic N) is 1. The van der Waals surface area contributed by atoms with Crippen LogP contribution in [0.1, 0.15) is 45.2 Å². The number of esters is 1. The van der Waals surface area contributed by atoms with Crippen LogP contribution in [0.4, 0.5) is 0 Å². The molecule has 0 amide bonds. The summed E-state index contributed by atoms with van der Waals surface area (Å²) >= 11 is 0. The predicted molar refractivity (Wildman–Crippen MR) is 103 cm³/mol. The number of aliphatic imine (C=N–C) groups is 1. The van der Waals surface area contributed by atoms with Gasteiger partial charge in [0.25, 0.3) is 0 Å². The van der Waals surface area contributed by atoms with Gasteiger partial charge in [-0.05, 0) is 24.1 Å². The fraction of sp³-hybridized carbons (Fsp3) is 0.227. The second-order valence-corrected chi connectivity index (χ2v) is 6.37. The van der Waals surface area contributed by atoms with Crippen molar-refractivity contribution in [1.29, 1.82) is 0 Å². The largest absolute Gasteiger partial charge is 0.476 e. The molecule has 0 saturated heterocycles. The van der Waals surface area contributed by atoms with Crippen LogP contribution in [0.2, 0.25) is 0 Å². The molecular formula is C22H21NO4. The summed E-state index contributed by atoms with van der Waals surface area (Å²) in [7, 11) is 1.32. The lowest BCUT2D eigenvalue weighted by molar-refractivity contribution is 0.0600. The van der Waals surface area contributed by atoms with Gasteiger partial charge in [0.1, 0.15) is 6.61 Å². The Morgan fingerprint density at radius 1 is 1.00 bits per heavy atom. The molecule has 138 valence electrons. The number of methoxy groups -OCH3 is 1. The van der Waals surface area contributed by atoms with Gasteiger partial charge in [0.2, 0.25) is 0 Å². The van der Waals surface area contributed by atoms with Crippen LogP contribution in [0.5, 0.6) is 0 Å². The Morgan fingerprint density at radius 3 is 2.19 bits per heavy atom. The minimum absolute atomic E-state index is 0.103. The Hall–Kier alpha value is -3.21. The van der Waals surface area contributed by atoms with Gasteiger partial charge in [0.15, 0.2) is 11.7 Å². The first-order valence-corrected chi connectivity index (χ1v) is 8.76. The zero-order valence-corrected chi connectivity index (χ0v) is 15.3. The van der Waals surface area contributed by atoms with Crippen LogP contribution in [-0.4, -0.2) is 24.8 Å². The van der Waals surface area contributed by atoms with E-state index in [1.165, 1.54) is 7.11 Å². The third-order valence-corrected chi connectivity index (χ3v) is 4.39. The maximum Gasteiger partial charge on any atom is 0.337 e. The van der Waals surface area contributed by atoms with Gasteiger partial charge in [-0.1, -0.05) is 49.4 Å². The molecule has 5 heteroatoms. The maximum absolute atomic E-state index is 12.6. The fourth-order valence-corrected chi connectivity index (χ4v) is 2.75. The van der Waals surface area contributed by atoms with Gasteiger partial charge in [-0.2, -0.15) is 0 Å². The maximum atomic E-state index is 12.6. The van der Waals surface area contributed by atoms with Crippen molar-refractivity contribution < 1.29 is 19.1 Å². The quantitative estimate of drug-likeness (QED) is 0.591. The highest BCUT2D eigenvalue weighted by Crippen LogP contribution is 2.16. The topological polar surface area (TPSA) is 65.0 Å². The number of rotatable bonds is 5. The number of hydrogen-bond donors (Lipinski definition) is 0. The monoisotopic (exact) mass is 363 g/mol. The van der Waals surface area contributed by atoms with Crippen LogP contribution in [0.25, 0.3) is 0 Å². The summed E-state index contributed by atoms with van der Waals surface area (Å²) in [5, 5.41) is 0. The first kappa shape index (κ1) is 18.6. The molecular weight excluding hydrogens is 342 g/mol. The zero-order valence-electron chi connectivity index (χ0n) is 15.3. The van der Waals surface area contributed by atoms with E-state index in [0.717, 1.165) is 17.9 Å². The minimum atomic E-state index is -0.425. The van der Waals surface area contributed by atoms with Crippen LogP contribution in [0, 0.1) is 5.92 Å². The molecule has 1 heterocycles. The summed E-state index contributed by atoms with van der Waals surface area (Å²) in [5.41, 5.74) is 2.48. The highest BCUT2D eigenvalue weighted by atomic mass is 16.5. The van der Waals surface area contributed by atoms with Crippen molar-refractivity contribution in [3.8, 4) is 0 Å². The third-order valence-electron chi connectivity index (χ3n) is 4.39. The Morgan fingerprint density at radius 2 is 1.59 bits per heavy atom. The predicted octanol–water partition coefficient (Wildman–Crippen LogP) is 4.17. The molecule has 0 radical (unpaired) electrons. The lowest BCUT2D eigenvalue weighted by atomic mass is 10.0. The van der Waals surface area contributed by atoms with Crippen LogP contribution in [0.3, 0.4) is 0 Å². The van der Waals surface area contributed by atoms with Gasteiger partial charge in [0, 0.05) is 23.2 Å². The van der Waals surface area contributed by atoms with Crippen molar-refractivity contribution in [2.75, 3.05) is 7.11 Å². The van der Waals surface area contributed by atoms with Crippen LogP contribution < -0.4 is 0 Å². The van der Waals surface area contributed by atoms with Crippen molar-refractivity contribution in [1.82, 2.24) is 0 Å². The van der Waals surface area contributed by atoms with Crippen molar-refractivity contribution in [3.63, 3.8) is 0 Å². The van der Waals surface area contributed by atoms with E-state index in [1.54, 1.807) is 42.6 Å². The van der Waals surface area contributed by atoms with E-state index in [4.69, 9.17) is 4.74 Å². The molecule has 27 heavy (non-hydrogen) atoms. The van der Waals surface area contributed by atoms with Gasteiger partial charge in [-0.3, -0.25) is 4.79 Å². The first-order valence-electron chi connectivity index (χ1n) is 8.76. The summed E-state index contributed by atoms with van der Waals surface area (Å²) in [6.07, 6.45) is 4.72. The average Bonchev–Trinajstić information content (AvgIpc) is 2.72. The smallest absolute Gasteiger partial charge is 0.337 e. The van der Waals surface area contributed by atoms with Crippen LogP contribution >= 0.6 is 0 Å². The summed E-state index contributed by atoms with van der Waals surface area (Å²) in [6, 6.07) is 13.7. The molecule has 2 aromatic carbocycles. The number of carbonyl (C=O) groups excluding carboxylic acids is 2. The molecule has 0 N–H and O–H groups in total. The SMILES string of the molecule is COC(=O)c1ccc(C(=O)c2ccc(COC3=NC=CCC3C)cc2)cc1. The number of allylic oxidation sites excluding steroid dienone is 1. The Kier molecular flexibility index (Phi) is 5.81. The van der Waals surface area contributed by atoms with Crippen LogP contribution in [-0.2, 0) is 16.1 Å². The molecule has 2 aromatic rings. The van der Waals surface area contributed by atoms with E-state index in [-0.39, 0.29) is 11.7 Å². The molecule has 0 aromatic heterocycles. The zero-order chi connectivity index (χ0) is 19.2. The molecule has 1 aliphatic heterocycles. The van der Waals surface area contributed by atoms with Crippen molar-refractivity contribution in [2.45, 2.75) is 20.0 Å². The molecule has 3 rings (SSSR count). The van der Waals surface area contributed by atoms with E-state index < -0.39 is 5.97 Å². The van der Waals surface area contributed by atoms with E-state index in [0.29, 0.717) is 23.3 Å². The highest BCUT2D eigenvalue weighted by molar-refractivity contribution is 6.09. The average molecular weight is 363 g/mol. The van der Waals surface area contributed by atoms with Crippen LogP contribution in [0.15, 0.2) is 65.8 Å². The molecule has 0 fully saturated rings. The summed E-state index contributed by atoms with van der Waals surface area (Å²) < 4.78 is 10.4. The fourth-order valence-electron chi connectivity index (χ4n) is 2.75. The molecule has 1 atom stereocenters. The lowest BCUT2D eigenvalue weighted by Crippen LogP contribution is -2.16. The minimum Gasteiger partial charge on any atom is -0.476 e. The summed E-state index contributed by atoms with van der Waals surface area (Å²) in [5.74, 6) is 0.493. The second kappa shape index (κ2) is 8.45. The van der Waals surface area contributed by atoms with Crippen molar-refractivity contribution in [3.05, 3.63) is 83.1 Å². The Bertz CT molecular complexity index is 880. The normalized spacial score (nSPS) is 15.8.